The molecular weight excluding hydrogens is 476 g/mol. The first kappa shape index (κ1) is 25.4. The van der Waals surface area contributed by atoms with Gasteiger partial charge in [0.2, 0.25) is 0 Å². The number of carbonyl (C=O) groups is 2. The normalized spacial score (nSPS) is 16.8. The van der Waals surface area contributed by atoms with Crippen molar-refractivity contribution in [3.05, 3.63) is 105 Å². The van der Waals surface area contributed by atoms with E-state index in [2.05, 4.69) is 0 Å². The van der Waals surface area contributed by atoms with E-state index in [0.29, 0.717) is 23.8 Å². The fourth-order valence-electron chi connectivity index (χ4n) is 4.09. The molecule has 37 heavy (non-hydrogen) atoms. The lowest BCUT2D eigenvalue weighted by Crippen LogP contribution is -2.29. The average molecular weight is 503 g/mol. The number of ether oxygens (including phenoxy) is 1. The molecule has 3 aromatic rings. The number of nitro groups is 1. The lowest BCUT2D eigenvalue weighted by atomic mass is 9.95. The van der Waals surface area contributed by atoms with E-state index in [0.717, 1.165) is 5.56 Å². The number of aliphatic hydroxyl groups excluding tert-OH is 1. The van der Waals surface area contributed by atoms with Gasteiger partial charge in [0.15, 0.2) is 0 Å². The fraction of sp³-hybridized carbons (Fsp3) is 0.214. The van der Waals surface area contributed by atoms with Gasteiger partial charge in [-0.25, -0.2) is 0 Å². The van der Waals surface area contributed by atoms with Crippen molar-refractivity contribution >= 4 is 23.1 Å². The van der Waals surface area contributed by atoms with Gasteiger partial charge in [-0.2, -0.15) is 0 Å². The number of nitrogens with zero attached hydrogens (tertiary/aromatic N) is 2. The number of aliphatic hydroxyl groups is 1. The number of rotatable bonds is 8. The predicted octanol–water partition coefficient (Wildman–Crippen LogP) is 4.96. The Bertz CT molecular complexity index is 1340. The maximum atomic E-state index is 13.2. The lowest BCUT2D eigenvalue weighted by Gasteiger charge is -2.25. The number of Topliss-reactive ketones (excluding diaryl/α,β-unsaturated/α-hetero) is 1. The third-order valence-electron chi connectivity index (χ3n) is 5.96. The molecule has 3 aromatic carbocycles. The van der Waals surface area contributed by atoms with E-state index in [1.165, 1.54) is 41.3 Å². The number of non-ortho nitro benzene ring substituents is 1. The summed E-state index contributed by atoms with van der Waals surface area (Å²) in [6.45, 7) is 4.74. The van der Waals surface area contributed by atoms with Crippen LogP contribution in [-0.4, -0.2) is 38.3 Å². The number of hydrogen-bond donors (Lipinski definition) is 2. The molecule has 1 saturated heterocycles. The van der Waals surface area contributed by atoms with Crippen LogP contribution in [0.3, 0.4) is 0 Å². The van der Waals surface area contributed by atoms with Crippen molar-refractivity contribution in [3.63, 3.8) is 0 Å². The highest BCUT2D eigenvalue weighted by molar-refractivity contribution is 6.46. The van der Waals surface area contributed by atoms with Crippen LogP contribution in [-0.2, 0) is 16.1 Å². The maximum absolute atomic E-state index is 13.2. The van der Waals surface area contributed by atoms with E-state index in [4.69, 9.17) is 4.74 Å². The number of phenols is 1. The molecule has 0 aromatic heterocycles. The zero-order valence-corrected chi connectivity index (χ0v) is 20.3. The summed E-state index contributed by atoms with van der Waals surface area (Å²) in [6, 6.07) is 17.3. The number of ketones is 1. The molecule has 0 radical (unpaired) electrons. The van der Waals surface area contributed by atoms with Crippen LogP contribution in [0, 0.1) is 16.0 Å². The van der Waals surface area contributed by atoms with Crippen LogP contribution in [0.5, 0.6) is 11.5 Å². The van der Waals surface area contributed by atoms with Gasteiger partial charge in [0.05, 0.1) is 23.1 Å². The first-order valence-electron chi connectivity index (χ1n) is 11.7. The molecule has 1 atom stereocenters. The van der Waals surface area contributed by atoms with Gasteiger partial charge in [0.25, 0.3) is 17.4 Å². The Balaban J connectivity index is 1.72. The minimum absolute atomic E-state index is 0.00746. The number of hydrogen-bond acceptors (Lipinski definition) is 7. The molecule has 0 spiro atoms. The van der Waals surface area contributed by atoms with E-state index >= 15 is 0 Å². The van der Waals surface area contributed by atoms with E-state index in [-0.39, 0.29) is 29.1 Å². The molecule has 1 unspecified atom stereocenters. The fourth-order valence-corrected chi connectivity index (χ4v) is 4.09. The highest BCUT2D eigenvalue weighted by atomic mass is 16.6. The summed E-state index contributed by atoms with van der Waals surface area (Å²) in [5.74, 6) is -1.04. The largest absolute Gasteiger partial charge is 0.508 e. The van der Waals surface area contributed by atoms with Crippen LogP contribution in [0.1, 0.15) is 36.6 Å². The first-order chi connectivity index (χ1) is 17.7. The summed E-state index contributed by atoms with van der Waals surface area (Å²) < 4.78 is 5.71. The van der Waals surface area contributed by atoms with Crippen molar-refractivity contribution < 1.29 is 29.5 Å². The molecule has 0 saturated carbocycles. The molecule has 1 heterocycles. The molecule has 0 bridgehead atoms. The third kappa shape index (κ3) is 5.45. The summed E-state index contributed by atoms with van der Waals surface area (Å²) in [6.07, 6.45) is 0. The molecule has 9 nitrogen and oxygen atoms in total. The van der Waals surface area contributed by atoms with Crippen molar-refractivity contribution in [2.45, 2.75) is 26.4 Å². The lowest BCUT2D eigenvalue weighted by molar-refractivity contribution is -0.384. The standard InChI is InChI=1S/C28H26N2O7/c1-17(2)16-37-23-13-3-18(4-14-23)15-29-25(19-7-11-22(31)12-8-19)24(27(33)28(29)34)26(32)20-5-9-21(10-6-20)30(35)36/h3-14,17,25,31-32H,15-16H2,1-2H3/b26-24-. The van der Waals surface area contributed by atoms with Crippen LogP contribution < -0.4 is 4.74 Å². The van der Waals surface area contributed by atoms with Crippen LogP contribution >= 0.6 is 0 Å². The summed E-state index contributed by atoms with van der Waals surface area (Å²) in [7, 11) is 0. The van der Waals surface area contributed by atoms with Gasteiger partial charge < -0.3 is 19.8 Å². The molecule has 9 heteroatoms. The van der Waals surface area contributed by atoms with Crippen molar-refractivity contribution in [2.75, 3.05) is 6.61 Å². The second kappa shape index (κ2) is 10.5. The number of nitro benzene ring substituents is 1. The number of phenolic OH excluding ortho intramolecular Hbond substituents is 1. The Labute approximate surface area is 213 Å². The molecule has 2 N–H and O–H groups in total. The van der Waals surface area contributed by atoms with Crippen molar-refractivity contribution in [1.29, 1.82) is 0 Å². The van der Waals surface area contributed by atoms with Crippen molar-refractivity contribution in [3.8, 4) is 11.5 Å². The Morgan fingerprint density at radius 3 is 2.19 bits per heavy atom. The highest BCUT2D eigenvalue weighted by Gasteiger charge is 2.46. The Kier molecular flexibility index (Phi) is 7.24. The van der Waals surface area contributed by atoms with Crippen LogP contribution in [0.25, 0.3) is 5.76 Å². The monoisotopic (exact) mass is 502 g/mol. The third-order valence-corrected chi connectivity index (χ3v) is 5.96. The number of aromatic hydroxyl groups is 1. The number of amides is 1. The van der Waals surface area contributed by atoms with Gasteiger partial charge in [-0.1, -0.05) is 38.1 Å². The van der Waals surface area contributed by atoms with Gasteiger partial charge in [0, 0.05) is 24.2 Å². The van der Waals surface area contributed by atoms with Gasteiger partial charge in [0.1, 0.15) is 17.3 Å². The molecule has 1 aliphatic heterocycles. The molecule has 4 rings (SSSR count). The predicted molar refractivity (Wildman–Crippen MR) is 136 cm³/mol. The SMILES string of the molecule is CC(C)COc1ccc(CN2C(=O)C(=O)/C(=C(\O)c3ccc([N+](=O)[O-])cc3)C2c2ccc(O)cc2)cc1. The zero-order valence-electron chi connectivity index (χ0n) is 20.3. The minimum atomic E-state index is -0.937. The molecule has 1 fully saturated rings. The van der Waals surface area contributed by atoms with Crippen molar-refractivity contribution in [2.24, 2.45) is 5.92 Å². The Morgan fingerprint density at radius 2 is 1.62 bits per heavy atom. The van der Waals surface area contributed by atoms with E-state index in [1.807, 2.05) is 13.8 Å². The summed E-state index contributed by atoms with van der Waals surface area (Å²) >= 11 is 0. The summed E-state index contributed by atoms with van der Waals surface area (Å²) in [5.41, 5.74) is 1.11. The molecule has 1 amide bonds. The summed E-state index contributed by atoms with van der Waals surface area (Å²) in [4.78, 5) is 38.1. The second-order valence-corrected chi connectivity index (χ2v) is 9.17. The number of likely N-dealkylation sites (tertiary alicyclic amines) is 1. The zero-order chi connectivity index (χ0) is 26.7. The van der Waals surface area contributed by atoms with Crippen LogP contribution in [0.15, 0.2) is 78.4 Å². The van der Waals surface area contributed by atoms with Gasteiger partial charge in [-0.05, 0) is 53.4 Å². The topological polar surface area (TPSA) is 130 Å². The molecule has 1 aliphatic rings. The quantitative estimate of drug-likeness (QED) is 0.146. The minimum Gasteiger partial charge on any atom is -0.508 e. The highest BCUT2D eigenvalue weighted by Crippen LogP contribution is 2.40. The van der Waals surface area contributed by atoms with Gasteiger partial charge in [-0.3, -0.25) is 19.7 Å². The summed E-state index contributed by atoms with van der Waals surface area (Å²) in [5, 5.41) is 31.8. The molecule has 190 valence electrons. The maximum Gasteiger partial charge on any atom is 0.295 e. The van der Waals surface area contributed by atoms with Gasteiger partial charge in [-0.15, -0.1) is 0 Å². The van der Waals surface area contributed by atoms with E-state index < -0.39 is 28.4 Å². The average Bonchev–Trinajstić information content (AvgIpc) is 3.13. The van der Waals surface area contributed by atoms with Gasteiger partial charge >= 0.3 is 0 Å². The molecular formula is C28H26N2O7. The second-order valence-electron chi connectivity index (χ2n) is 9.17. The smallest absolute Gasteiger partial charge is 0.295 e. The number of benzene rings is 3. The van der Waals surface area contributed by atoms with Crippen molar-refractivity contribution in [1.82, 2.24) is 4.90 Å². The Hall–Kier alpha value is -4.66. The molecule has 0 aliphatic carbocycles. The van der Waals surface area contributed by atoms with Crippen LogP contribution in [0.2, 0.25) is 0 Å². The van der Waals surface area contributed by atoms with E-state index in [9.17, 15) is 29.9 Å². The van der Waals surface area contributed by atoms with Crippen LogP contribution in [0.4, 0.5) is 5.69 Å². The number of carbonyl (C=O) groups excluding carboxylic acids is 2. The van der Waals surface area contributed by atoms with E-state index in [1.54, 1.807) is 36.4 Å². The Morgan fingerprint density at radius 1 is 1.00 bits per heavy atom. The first-order valence-corrected chi connectivity index (χ1v) is 11.7.